The molecule has 16 heavy (non-hydrogen) atoms. The third-order valence-corrected chi connectivity index (χ3v) is 2.88. The van der Waals surface area contributed by atoms with Crippen LogP contribution in [0.4, 0.5) is 0 Å². The molecule has 0 radical (unpaired) electrons. The van der Waals surface area contributed by atoms with Crippen LogP contribution in [0, 0.1) is 0 Å². The van der Waals surface area contributed by atoms with Gasteiger partial charge in [-0.2, -0.15) is 0 Å². The Bertz CT molecular complexity index is 303. The average Bonchev–Trinajstić information content (AvgIpc) is 2.31. The predicted octanol–water partition coefficient (Wildman–Crippen LogP) is 2.12. The summed E-state index contributed by atoms with van der Waals surface area (Å²) in [7, 11) is 0. The summed E-state index contributed by atoms with van der Waals surface area (Å²) >= 11 is -3.29. The molecule has 1 aromatic carbocycles. The Morgan fingerprint density at radius 1 is 1.00 bits per heavy atom. The van der Waals surface area contributed by atoms with Crippen molar-refractivity contribution in [2.45, 2.75) is 38.0 Å². The maximum Gasteiger partial charge on any atom is -0.0162 e. The van der Waals surface area contributed by atoms with E-state index in [1.54, 1.807) is 5.56 Å². The first-order valence-corrected chi connectivity index (χ1v) is 7.78. The summed E-state index contributed by atoms with van der Waals surface area (Å²) in [5, 5.41) is 0. The zero-order chi connectivity index (χ0) is 11.8. The van der Waals surface area contributed by atoms with Crippen LogP contribution in [-0.4, -0.2) is 22.9 Å². The van der Waals surface area contributed by atoms with Gasteiger partial charge in [-0.15, -0.1) is 0 Å². The zero-order valence-corrected chi connectivity index (χ0v) is 10.9. The molecule has 1 fully saturated rings. The van der Waals surface area contributed by atoms with E-state index in [1.165, 1.54) is 32.1 Å². The van der Waals surface area contributed by atoms with E-state index < -0.39 is 14.5 Å². The van der Waals surface area contributed by atoms with E-state index in [4.69, 9.17) is 12.2 Å². The van der Waals surface area contributed by atoms with Gasteiger partial charge in [0.1, 0.15) is 0 Å². The summed E-state index contributed by atoms with van der Waals surface area (Å²) in [5.41, 5.74) is 1.55. The third-order valence-electron chi connectivity index (χ3n) is 2.88. The Labute approximate surface area is 101 Å². The van der Waals surface area contributed by atoms with Crippen molar-refractivity contribution in [3.8, 4) is 0 Å². The standard InChI is InChI=1S/C12H16.H2O3Se/c1-3-7-11(8-4-1)12-9-5-2-6-10-12;1-4(2)3/h1,3-4,7-8,12H,2,5-6,9-10H2;(H2,1,2,3). The van der Waals surface area contributed by atoms with E-state index in [1.807, 2.05) is 0 Å². The van der Waals surface area contributed by atoms with Crippen LogP contribution in [0.5, 0.6) is 0 Å². The SMILES string of the molecule is O=[Se](O)O.c1ccc(C2CCCCC2)cc1. The van der Waals surface area contributed by atoms with Crippen molar-refractivity contribution in [3.63, 3.8) is 0 Å². The molecule has 0 unspecified atom stereocenters. The van der Waals surface area contributed by atoms with E-state index in [9.17, 15) is 0 Å². The molecule has 0 amide bonds. The van der Waals surface area contributed by atoms with Crippen LogP contribution < -0.4 is 0 Å². The molecule has 0 aromatic heterocycles. The average molecular weight is 289 g/mol. The van der Waals surface area contributed by atoms with Crippen LogP contribution in [0.1, 0.15) is 43.6 Å². The van der Waals surface area contributed by atoms with Crippen LogP contribution in [0.15, 0.2) is 30.3 Å². The molecule has 4 heteroatoms. The second kappa shape index (κ2) is 7.69. The molecule has 1 aliphatic carbocycles. The molecule has 1 aliphatic rings. The van der Waals surface area contributed by atoms with Crippen molar-refractivity contribution in [1.29, 1.82) is 0 Å². The van der Waals surface area contributed by atoms with Gasteiger partial charge in [0.15, 0.2) is 0 Å². The molecular weight excluding hydrogens is 271 g/mol. The fraction of sp³-hybridized carbons (Fsp3) is 0.500. The maximum atomic E-state index is 8.76. The largest absolute Gasteiger partial charge is 0.0622 e. The van der Waals surface area contributed by atoms with Gasteiger partial charge >= 0.3 is 26.7 Å². The molecule has 2 N–H and O–H groups in total. The van der Waals surface area contributed by atoms with Crippen LogP contribution in [0.3, 0.4) is 0 Å². The summed E-state index contributed by atoms with van der Waals surface area (Å²) in [6, 6.07) is 11.0. The minimum Gasteiger partial charge on any atom is -0.0622 e. The van der Waals surface area contributed by atoms with Crippen molar-refractivity contribution >= 4 is 14.5 Å². The molecule has 1 aromatic rings. The summed E-state index contributed by atoms with van der Waals surface area (Å²) < 4.78 is 23.1. The monoisotopic (exact) mass is 290 g/mol. The third kappa shape index (κ3) is 5.52. The Hall–Kier alpha value is -0.541. The zero-order valence-electron chi connectivity index (χ0n) is 9.21. The molecule has 0 saturated heterocycles. The van der Waals surface area contributed by atoms with E-state index in [0.717, 1.165) is 5.92 Å². The fourth-order valence-corrected chi connectivity index (χ4v) is 2.16. The second-order valence-electron chi connectivity index (χ2n) is 3.98. The number of hydrogen-bond donors (Lipinski definition) is 2. The van der Waals surface area contributed by atoms with Crippen molar-refractivity contribution in [2.24, 2.45) is 0 Å². The molecule has 3 nitrogen and oxygen atoms in total. The molecular formula is C12H18O3Se. The van der Waals surface area contributed by atoms with Gasteiger partial charge in [0, 0.05) is 0 Å². The van der Waals surface area contributed by atoms with Gasteiger partial charge in [-0.3, -0.25) is 0 Å². The Morgan fingerprint density at radius 3 is 2.00 bits per heavy atom. The number of hydrogen-bond acceptors (Lipinski definition) is 1. The quantitative estimate of drug-likeness (QED) is 0.779. The van der Waals surface area contributed by atoms with Gasteiger partial charge in [0.25, 0.3) is 0 Å². The first kappa shape index (κ1) is 13.5. The topological polar surface area (TPSA) is 57.5 Å². The molecule has 90 valence electrons. The van der Waals surface area contributed by atoms with Gasteiger partial charge in [-0.05, 0) is 24.3 Å². The fourth-order valence-electron chi connectivity index (χ4n) is 2.16. The predicted molar refractivity (Wildman–Crippen MR) is 63.1 cm³/mol. The molecule has 0 atom stereocenters. The number of rotatable bonds is 1. The Balaban J connectivity index is 0.000000280. The van der Waals surface area contributed by atoms with Crippen LogP contribution in [-0.2, 0) is 3.83 Å². The molecule has 0 spiro atoms. The van der Waals surface area contributed by atoms with Gasteiger partial charge in [0.2, 0.25) is 0 Å². The second-order valence-corrected chi connectivity index (χ2v) is 4.94. The molecule has 0 bridgehead atoms. The normalized spacial score (nSPS) is 16.7. The van der Waals surface area contributed by atoms with E-state index >= 15 is 0 Å². The summed E-state index contributed by atoms with van der Waals surface area (Å²) in [5.74, 6) is 0.861. The minimum absolute atomic E-state index is 0.861. The molecule has 0 heterocycles. The number of benzene rings is 1. The van der Waals surface area contributed by atoms with Gasteiger partial charge in [-0.25, -0.2) is 0 Å². The van der Waals surface area contributed by atoms with Crippen molar-refractivity contribution in [1.82, 2.24) is 0 Å². The van der Waals surface area contributed by atoms with Crippen molar-refractivity contribution < 1.29 is 12.2 Å². The van der Waals surface area contributed by atoms with Crippen LogP contribution >= 0.6 is 0 Å². The summed E-state index contributed by atoms with van der Waals surface area (Å²) in [4.78, 5) is 0. The first-order chi connectivity index (χ1) is 7.70. The smallest absolute Gasteiger partial charge is 0.0162 e. The van der Waals surface area contributed by atoms with Gasteiger partial charge < -0.3 is 0 Å². The van der Waals surface area contributed by atoms with Crippen LogP contribution in [0.25, 0.3) is 0 Å². The Kier molecular flexibility index (Phi) is 6.50. The minimum atomic E-state index is -3.29. The van der Waals surface area contributed by atoms with Crippen molar-refractivity contribution in [3.05, 3.63) is 35.9 Å². The Morgan fingerprint density at radius 2 is 1.50 bits per heavy atom. The molecule has 2 rings (SSSR count). The summed E-state index contributed by atoms with van der Waals surface area (Å²) in [6.07, 6.45) is 7.12. The van der Waals surface area contributed by atoms with E-state index in [2.05, 4.69) is 30.3 Å². The van der Waals surface area contributed by atoms with Crippen molar-refractivity contribution in [2.75, 3.05) is 0 Å². The summed E-state index contributed by atoms with van der Waals surface area (Å²) in [6.45, 7) is 0. The van der Waals surface area contributed by atoms with Gasteiger partial charge in [0.05, 0.1) is 0 Å². The molecule has 1 saturated carbocycles. The maximum absolute atomic E-state index is 8.76. The van der Waals surface area contributed by atoms with E-state index in [0.29, 0.717) is 0 Å². The van der Waals surface area contributed by atoms with E-state index in [-0.39, 0.29) is 0 Å². The van der Waals surface area contributed by atoms with Crippen LogP contribution in [0.2, 0.25) is 0 Å². The van der Waals surface area contributed by atoms with Gasteiger partial charge in [-0.1, -0.05) is 49.6 Å². The molecule has 0 aliphatic heterocycles. The first-order valence-electron chi connectivity index (χ1n) is 5.55.